The Balaban J connectivity index is 0.00000229. The van der Waals surface area contributed by atoms with Crippen LogP contribution >= 0.6 is 0 Å². The van der Waals surface area contributed by atoms with Gasteiger partial charge in [-0.25, -0.2) is 0 Å². The Morgan fingerprint density at radius 3 is 1.37 bits per heavy atom. The SMILES string of the molecule is [Mn+2].c1ccc2c(c1)ncc1cccc3nc([n-]c13)c1ccccc1ncc1cccc3nc2[n-]c13. The number of aromatic nitrogens is 6. The van der Waals surface area contributed by atoms with Crippen LogP contribution in [0, 0.1) is 0 Å². The molecule has 0 fully saturated rings. The summed E-state index contributed by atoms with van der Waals surface area (Å²) >= 11 is 0. The Hall–Kier alpha value is -4.32. The van der Waals surface area contributed by atoms with Crippen molar-refractivity contribution in [2.24, 2.45) is 0 Å². The van der Waals surface area contributed by atoms with E-state index in [-0.39, 0.29) is 17.1 Å². The van der Waals surface area contributed by atoms with Gasteiger partial charge in [0.2, 0.25) is 0 Å². The van der Waals surface area contributed by atoms with Crippen molar-refractivity contribution in [2.45, 2.75) is 0 Å². The second-order valence-corrected chi connectivity index (χ2v) is 8.08. The fourth-order valence-corrected chi connectivity index (χ4v) is 4.29. The maximum atomic E-state index is 4.87. The van der Waals surface area contributed by atoms with Crippen LogP contribution in [0.4, 0.5) is 0 Å². The largest absolute Gasteiger partial charge is 2.00 e. The van der Waals surface area contributed by atoms with Gasteiger partial charge in [-0.05, 0) is 67.0 Å². The molecule has 0 aliphatic rings. The first-order valence-electron chi connectivity index (χ1n) is 11.0. The van der Waals surface area contributed by atoms with Gasteiger partial charge in [0.05, 0.1) is 11.0 Å². The molecule has 0 amide bonds. The summed E-state index contributed by atoms with van der Waals surface area (Å²) in [5, 5.41) is 3.54. The molecule has 0 saturated heterocycles. The molecule has 1 radical (unpaired) electrons. The summed E-state index contributed by atoms with van der Waals surface area (Å²) < 4.78 is 0. The molecule has 4 bridgehead atoms. The first kappa shape index (κ1) is 21.2. The van der Waals surface area contributed by atoms with Crippen LogP contribution in [0.15, 0.2) is 97.3 Å². The molecule has 165 valence electrons. The van der Waals surface area contributed by atoms with Gasteiger partial charge in [0.25, 0.3) is 0 Å². The van der Waals surface area contributed by atoms with E-state index >= 15 is 0 Å². The van der Waals surface area contributed by atoms with Crippen molar-refractivity contribution in [2.75, 3.05) is 0 Å². The van der Waals surface area contributed by atoms with Crippen molar-refractivity contribution in [3.63, 3.8) is 0 Å². The molecule has 0 saturated carbocycles. The van der Waals surface area contributed by atoms with E-state index in [1.54, 1.807) is 0 Å². The molecule has 3 heterocycles. The summed E-state index contributed by atoms with van der Waals surface area (Å²) in [6.07, 6.45) is 3.67. The molecule has 6 nitrogen and oxygen atoms in total. The normalized spacial score (nSPS) is 11.2. The second kappa shape index (κ2) is 8.47. The zero-order chi connectivity index (χ0) is 22.5. The maximum Gasteiger partial charge on any atom is 2.00 e. The van der Waals surface area contributed by atoms with E-state index in [1.807, 2.05) is 97.3 Å². The minimum Gasteiger partial charge on any atom is -0.435 e. The molecule has 7 rings (SSSR count). The molecule has 0 spiro atoms. The zero-order valence-corrected chi connectivity index (χ0v) is 19.5. The number of para-hydroxylation sites is 4. The summed E-state index contributed by atoms with van der Waals surface area (Å²) in [5.41, 5.74) is 6.13. The number of nitrogens with zero attached hydrogens (tertiary/aromatic N) is 6. The summed E-state index contributed by atoms with van der Waals surface area (Å²) in [7, 11) is 0. The van der Waals surface area contributed by atoms with E-state index in [0.717, 1.165) is 54.6 Å². The summed E-state index contributed by atoms with van der Waals surface area (Å²) in [4.78, 5) is 29.0. The molecular formula is C28H16MnN6. The van der Waals surface area contributed by atoms with E-state index in [9.17, 15) is 0 Å². The Bertz CT molecular complexity index is 1840. The maximum absolute atomic E-state index is 4.87. The third-order valence-corrected chi connectivity index (χ3v) is 5.96. The van der Waals surface area contributed by atoms with Gasteiger partial charge in [0, 0.05) is 12.4 Å². The Kier molecular flexibility index (Phi) is 5.14. The fraction of sp³-hybridized carbons (Fsp3) is 0. The van der Waals surface area contributed by atoms with Crippen molar-refractivity contribution in [1.82, 2.24) is 29.9 Å². The van der Waals surface area contributed by atoms with Crippen LogP contribution in [0.3, 0.4) is 0 Å². The quantitative estimate of drug-likeness (QED) is 0.250. The Labute approximate surface area is 209 Å². The van der Waals surface area contributed by atoms with Crippen molar-refractivity contribution in [1.29, 1.82) is 0 Å². The standard InChI is InChI=1S/C28H16N6.Mn/c1-3-11-21-19(9-1)27-31-23-13-5-8-18(25(23)33-27)16-30-22-12-4-2-10-20(22)28-32-24-14-6-7-17(15-29-21)26(24)34-28;/h1-16H;/q-2;+2. The molecule has 0 unspecified atom stereocenters. The Morgan fingerprint density at radius 2 is 0.886 bits per heavy atom. The van der Waals surface area contributed by atoms with E-state index in [1.165, 1.54) is 0 Å². The van der Waals surface area contributed by atoms with E-state index in [0.29, 0.717) is 11.3 Å². The van der Waals surface area contributed by atoms with E-state index in [2.05, 4.69) is 0 Å². The van der Waals surface area contributed by atoms with Crippen molar-refractivity contribution >= 4 is 65.9 Å². The predicted molar refractivity (Wildman–Crippen MR) is 136 cm³/mol. The number of benzene rings is 4. The Morgan fingerprint density at radius 1 is 0.457 bits per heavy atom. The van der Waals surface area contributed by atoms with Crippen LogP contribution in [0.5, 0.6) is 0 Å². The van der Waals surface area contributed by atoms with Crippen LogP contribution in [0.1, 0.15) is 0 Å². The van der Waals surface area contributed by atoms with Crippen LogP contribution in [-0.2, 0) is 17.1 Å². The van der Waals surface area contributed by atoms with Crippen molar-refractivity contribution in [3.8, 4) is 0 Å². The minimum absolute atomic E-state index is 0. The minimum atomic E-state index is 0. The molecule has 3 aromatic heterocycles. The van der Waals surface area contributed by atoms with Gasteiger partial charge in [0.15, 0.2) is 0 Å². The van der Waals surface area contributed by atoms with Gasteiger partial charge in [-0.1, -0.05) is 72.8 Å². The summed E-state index contributed by atoms with van der Waals surface area (Å²) in [5.74, 6) is 0. The number of hydrogen-bond donors (Lipinski definition) is 0. The zero-order valence-electron chi connectivity index (χ0n) is 18.3. The van der Waals surface area contributed by atoms with E-state index in [4.69, 9.17) is 29.9 Å². The summed E-state index contributed by atoms with van der Waals surface area (Å²) in [6, 6.07) is 27.7. The number of hydrogen-bond acceptors (Lipinski definition) is 4. The number of fused-ring (bicyclic) bond motifs is 6. The van der Waals surface area contributed by atoms with Gasteiger partial charge in [-0.3, -0.25) is 9.97 Å². The predicted octanol–water partition coefficient (Wildman–Crippen LogP) is 5.78. The van der Waals surface area contributed by atoms with Crippen molar-refractivity contribution < 1.29 is 17.1 Å². The first-order chi connectivity index (χ1) is 16.8. The molecule has 0 N–H and O–H groups in total. The van der Waals surface area contributed by atoms with Gasteiger partial charge < -0.3 is 19.9 Å². The molecule has 7 heteroatoms. The van der Waals surface area contributed by atoms with Crippen LogP contribution in [0.25, 0.3) is 65.9 Å². The molecular weight excluding hydrogens is 475 g/mol. The van der Waals surface area contributed by atoms with Gasteiger partial charge in [0.1, 0.15) is 0 Å². The average molecular weight is 491 g/mol. The monoisotopic (exact) mass is 491 g/mol. The molecule has 0 aliphatic heterocycles. The van der Waals surface area contributed by atoms with Crippen LogP contribution in [-0.4, -0.2) is 19.9 Å². The average Bonchev–Trinajstić information content (AvgIpc) is 3.51. The van der Waals surface area contributed by atoms with Crippen LogP contribution < -0.4 is 9.97 Å². The van der Waals surface area contributed by atoms with Gasteiger partial charge >= 0.3 is 17.1 Å². The summed E-state index contributed by atoms with van der Waals surface area (Å²) in [6.45, 7) is 0. The topological polar surface area (TPSA) is 79.8 Å². The second-order valence-electron chi connectivity index (χ2n) is 8.08. The molecule has 35 heavy (non-hydrogen) atoms. The smallest absolute Gasteiger partial charge is 0.435 e. The molecule has 4 aromatic carbocycles. The van der Waals surface area contributed by atoms with E-state index < -0.39 is 0 Å². The molecule has 0 aliphatic carbocycles. The number of imidazole rings is 2. The van der Waals surface area contributed by atoms with Gasteiger partial charge in [-0.2, -0.15) is 0 Å². The first-order valence-corrected chi connectivity index (χ1v) is 11.0. The van der Waals surface area contributed by atoms with Crippen molar-refractivity contribution in [3.05, 3.63) is 97.3 Å². The third kappa shape index (κ3) is 3.58. The molecule has 7 aromatic rings. The molecule has 0 atom stereocenters. The number of rotatable bonds is 0. The fourth-order valence-electron chi connectivity index (χ4n) is 4.29. The third-order valence-electron chi connectivity index (χ3n) is 5.96. The van der Waals surface area contributed by atoms with Crippen LogP contribution in [0.2, 0.25) is 0 Å². The van der Waals surface area contributed by atoms with Gasteiger partial charge in [-0.15, -0.1) is 0 Å².